The van der Waals surface area contributed by atoms with Gasteiger partial charge in [-0.1, -0.05) is 6.07 Å². The summed E-state index contributed by atoms with van der Waals surface area (Å²) in [6.45, 7) is 1.71. The summed E-state index contributed by atoms with van der Waals surface area (Å²) < 4.78 is 26.6. The van der Waals surface area contributed by atoms with Crippen LogP contribution in [0.5, 0.6) is 0 Å². The Morgan fingerprint density at radius 2 is 1.94 bits per heavy atom. The zero-order valence-electron chi connectivity index (χ0n) is 18.1. The summed E-state index contributed by atoms with van der Waals surface area (Å²) in [5, 5.41) is 10.4. The summed E-state index contributed by atoms with van der Waals surface area (Å²) in [5.41, 5.74) is 2.18. The Morgan fingerprint density at radius 3 is 2.62 bits per heavy atom. The number of anilines is 2. The van der Waals surface area contributed by atoms with Crippen molar-refractivity contribution >= 4 is 32.2 Å². The van der Waals surface area contributed by atoms with E-state index in [9.17, 15) is 13.2 Å². The SMILES string of the molecule is Cn1cnc2cc(-c3ccc(N[C@H]4CCNC4)c(S(C)(=O)=O)c3)nc(NC3CC3)c2c1=O. The van der Waals surface area contributed by atoms with Gasteiger partial charge in [0.1, 0.15) is 11.2 Å². The van der Waals surface area contributed by atoms with Crippen molar-refractivity contribution in [2.45, 2.75) is 36.2 Å². The zero-order chi connectivity index (χ0) is 22.5. The molecule has 1 aliphatic carbocycles. The van der Waals surface area contributed by atoms with Crippen molar-refractivity contribution in [3.8, 4) is 11.3 Å². The molecule has 32 heavy (non-hydrogen) atoms. The Bertz CT molecular complexity index is 1360. The van der Waals surface area contributed by atoms with Crippen molar-refractivity contribution in [3.63, 3.8) is 0 Å². The van der Waals surface area contributed by atoms with Gasteiger partial charge in [0.2, 0.25) is 0 Å². The summed E-state index contributed by atoms with van der Waals surface area (Å²) in [6, 6.07) is 7.52. The summed E-state index contributed by atoms with van der Waals surface area (Å²) in [4.78, 5) is 22.1. The lowest BCUT2D eigenvalue weighted by molar-refractivity contribution is 0.602. The molecule has 3 heterocycles. The number of rotatable bonds is 6. The lowest BCUT2D eigenvalue weighted by atomic mass is 10.1. The molecule has 0 unspecified atom stereocenters. The highest BCUT2D eigenvalue weighted by atomic mass is 32.2. The van der Waals surface area contributed by atoms with Crippen molar-refractivity contribution in [1.29, 1.82) is 0 Å². The predicted molar refractivity (Wildman–Crippen MR) is 125 cm³/mol. The van der Waals surface area contributed by atoms with Crippen LogP contribution in [0.4, 0.5) is 11.5 Å². The number of hydrogen-bond donors (Lipinski definition) is 3. The molecule has 2 fully saturated rings. The van der Waals surface area contributed by atoms with E-state index in [1.54, 1.807) is 25.2 Å². The molecule has 1 saturated heterocycles. The van der Waals surface area contributed by atoms with E-state index in [2.05, 4.69) is 20.9 Å². The lowest BCUT2D eigenvalue weighted by Crippen LogP contribution is -2.23. The Labute approximate surface area is 186 Å². The highest BCUT2D eigenvalue weighted by Gasteiger charge is 2.25. The topological polar surface area (TPSA) is 118 Å². The summed E-state index contributed by atoms with van der Waals surface area (Å²) in [7, 11) is -1.81. The predicted octanol–water partition coefficient (Wildman–Crippen LogP) is 1.75. The number of aryl methyl sites for hydroxylation is 1. The second-order valence-electron chi connectivity index (χ2n) is 8.65. The van der Waals surface area contributed by atoms with Gasteiger partial charge >= 0.3 is 0 Å². The molecule has 1 saturated carbocycles. The van der Waals surface area contributed by atoms with Gasteiger partial charge < -0.3 is 20.5 Å². The van der Waals surface area contributed by atoms with Crippen LogP contribution in [-0.2, 0) is 16.9 Å². The molecule has 5 rings (SSSR count). The zero-order valence-corrected chi connectivity index (χ0v) is 18.9. The molecule has 0 radical (unpaired) electrons. The number of pyridine rings is 1. The first-order valence-corrected chi connectivity index (χ1v) is 12.6. The first-order chi connectivity index (χ1) is 15.3. The molecule has 0 spiro atoms. The Morgan fingerprint density at radius 1 is 1.12 bits per heavy atom. The molecule has 2 aliphatic rings. The quantitative estimate of drug-likeness (QED) is 0.516. The monoisotopic (exact) mass is 454 g/mol. The third kappa shape index (κ3) is 4.07. The molecule has 2 aromatic heterocycles. The van der Waals surface area contributed by atoms with E-state index >= 15 is 0 Å². The van der Waals surface area contributed by atoms with Crippen molar-refractivity contribution < 1.29 is 8.42 Å². The Hall–Kier alpha value is -2.98. The van der Waals surface area contributed by atoms with Crippen LogP contribution in [0, 0.1) is 0 Å². The number of fused-ring (bicyclic) bond motifs is 1. The van der Waals surface area contributed by atoms with Crippen molar-refractivity contribution in [2.75, 3.05) is 30.0 Å². The second kappa shape index (κ2) is 7.86. The standard InChI is InChI=1S/C22H26N6O3S/c1-28-12-24-18-10-17(27-21(20(18)22(28)29)26-14-4-5-14)13-3-6-16(19(9-13)32(2,30)31)25-15-7-8-23-11-15/h3,6,9-10,12,14-15,23,25H,4-5,7-8,11H2,1-2H3,(H,26,27)/t15-/m0/s1. The number of benzene rings is 1. The van der Waals surface area contributed by atoms with Gasteiger partial charge in [0.15, 0.2) is 9.84 Å². The number of hydrogen-bond acceptors (Lipinski definition) is 8. The van der Waals surface area contributed by atoms with E-state index in [4.69, 9.17) is 4.98 Å². The normalized spacial score (nSPS) is 18.8. The average molecular weight is 455 g/mol. The van der Waals surface area contributed by atoms with Crippen LogP contribution in [0.15, 0.2) is 40.3 Å². The molecule has 1 aromatic carbocycles. The van der Waals surface area contributed by atoms with E-state index in [-0.39, 0.29) is 16.5 Å². The van der Waals surface area contributed by atoms with Gasteiger partial charge in [-0.25, -0.2) is 18.4 Å². The highest BCUT2D eigenvalue weighted by molar-refractivity contribution is 7.90. The molecule has 0 bridgehead atoms. The van der Waals surface area contributed by atoms with Crippen LogP contribution < -0.4 is 21.5 Å². The molecule has 3 aromatic rings. The molecule has 1 atom stereocenters. The fourth-order valence-corrected chi connectivity index (χ4v) is 4.87. The van der Waals surface area contributed by atoms with Crippen molar-refractivity contribution in [2.24, 2.45) is 7.05 Å². The maximum absolute atomic E-state index is 12.7. The number of sulfone groups is 1. The van der Waals surface area contributed by atoms with Crippen molar-refractivity contribution in [1.82, 2.24) is 19.9 Å². The molecule has 168 valence electrons. The van der Waals surface area contributed by atoms with Crippen LogP contribution >= 0.6 is 0 Å². The van der Waals surface area contributed by atoms with E-state index in [0.29, 0.717) is 39.7 Å². The fourth-order valence-electron chi connectivity index (χ4n) is 4.00. The Kier molecular flexibility index (Phi) is 5.13. The maximum Gasteiger partial charge on any atom is 0.264 e. The largest absolute Gasteiger partial charge is 0.380 e. The number of nitrogens with zero attached hydrogens (tertiary/aromatic N) is 3. The van der Waals surface area contributed by atoms with Crippen LogP contribution in [0.25, 0.3) is 22.2 Å². The highest BCUT2D eigenvalue weighted by Crippen LogP contribution is 2.32. The maximum atomic E-state index is 12.7. The minimum Gasteiger partial charge on any atom is -0.380 e. The third-order valence-corrected chi connectivity index (χ3v) is 7.05. The van der Waals surface area contributed by atoms with Gasteiger partial charge in [0, 0.05) is 37.5 Å². The molecule has 1 aliphatic heterocycles. The first-order valence-electron chi connectivity index (χ1n) is 10.7. The average Bonchev–Trinajstić information content (AvgIpc) is 3.42. The van der Waals surface area contributed by atoms with Crippen LogP contribution in [-0.4, -0.2) is 54.4 Å². The van der Waals surface area contributed by atoms with Crippen LogP contribution in [0.2, 0.25) is 0 Å². The van der Waals surface area contributed by atoms with Gasteiger partial charge in [-0.2, -0.15) is 0 Å². The van der Waals surface area contributed by atoms with Crippen LogP contribution in [0.3, 0.4) is 0 Å². The van der Waals surface area contributed by atoms with E-state index < -0.39 is 9.84 Å². The molecular weight excluding hydrogens is 428 g/mol. The number of nitrogens with one attached hydrogen (secondary N) is 3. The minimum absolute atomic E-state index is 0.168. The van der Waals surface area contributed by atoms with Gasteiger partial charge in [-0.3, -0.25) is 4.79 Å². The van der Waals surface area contributed by atoms with E-state index in [0.717, 1.165) is 32.4 Å². The third-order valence-electron chi connectivity index (χ3n) is 5.92. The smallest absolute Gasteiger partial charge is 0.264 e. The minimum atomic E-state index is -3.47. The second-order valence-corrected chi connectivity index (χ2v) is 10.6. The first kappa shape index (κ1) is 20.9. The van der Waals surface area contributed by atoms with Crippen molar-refractivity contribution in [3.05, 3.63) is 40.9 Å². The molecule has 0 amide bonds. The number of aromatic nitrogens is 3. The van der Waals surface area contributed by atoms with Crippen LogP contribution in [0.1, 0.15) is 19.3 Å². The van der Waals surface area contributed by atoms with E-state index in [1.807, 2.05) is 6.07 Å². The summed E-state index contributed by atoms with van der Waals surface area (Å²) in [6.07, 6.45) is 5.70. The molecule has 9 nitrogen and oxygen atoms in total. The van der Waals surface area contributed by atoms with Gasteiger partial charge in [-0.15, -0.1) is 0 Å². The van der Waals surface area contributed by atoms with E-state index in [1.165, 1.54) is 17.2 Å². The molecular formula is C22H26N6O3S. The lowest BCUT2D eigenvalue weighted by Gasteiger charge is -2.17. The summed E-state index contributed by atoms with van der Waals surface area (Å²) in [5.74, 6) is 0.494. The van der Waals surface area contributed by atoms with Gasteiger partial charge in [0.25, 0.3) is 5.56 Å². The van der Waals surface area contributed by atoms with Gasteiger partial charge in [0.05, 0.1) is 28.1 Å². The molecule has 3 N–H and O–H groups in total. The van der Waals surface area contributed by atoms with Gasteiger partial charge in [-0.05, 0) is 44.0 Å². The summed E-state index contributed by atoms with van der Waals surface area (Å²) >= 11 is 0. The molecule has 10 heteroatoms. The fraction of sp³-hybridized carbons (Fsp3) is 0.409. The Balaban J connectivity index is 1.63.